The Morgan fingerprint density at radius 3 is 2.74 bits per heavy atom. The average molecular weight is 264 g/mol. The van der Waals surface area contributed by atoms with Gasteiger partial charge in [-0.2, -0.15) is 0 Å². The van der Waals surface area contributed by atoms with Crippen LogP contribution in [0.1, 0.15) is 42.9 Å². The van der Waals surface area contributed by atoms with Crippen LogP contribution in [-0.4, -0.2) is 25.4 Å². The zero-order chi connectivity index (χ0) is 13.7. The predicted molar refractivity (Wildman–Crippen MR) is 75.5 cm³/mol. The van der Waals surface area contributed by atoms with Crippen LogP contribution >= 0.6 is 0 Å². The van der Waals surface area contributed by atoms with E-state index in [0.717, 1.165) is 23.5 Å². The molecule has 0 saturated heterocycles. The Morgan fingerprint density at radius 2 is 2.05 bits per heavy atom. The molecule has 1 atom stereocenters. The molecule has 3 nitrogen and oxygen atoms in total. The zero-order valence-electron chi connectivity index (χ0n) is 11.9. The van der Waals surface area contributed by atoms with Gasteiger partial charge in [0.15, 0.2) is 0 Å². The lowest BCUT2D eigenvalue weighted by Crippen LogP contribution is -2.13. The molecule has 0 radical (unpaired) electrons. The number of aliphatic hydroxyl groups excluding tert-OH is 1. The summed E-state index contributed by atoms with van der Waals surface area (Å²) < 4.78 is 11.0. The molecular formula is C16H24O3. The van der Waals surface area contributed by atoms with E-state index in [2.05, 4.69) is 0 Å². The van der Waals surface area contributed by atoms with E-state index in [4.69, 9.17) is 9.47 Å². The zero-order valence-corrected chi connectivity index (χ0v) is 11.9. The Kier molecular flexibility index (Phi) is 5.23. The molecule has 19 heavy (non-hydrogen) atoms. The summed E-state index contributed by atoms with van der Waals surface area (Å²) in [6, 6.07) is 5.84. The van der Waals surface area contributed by atoms with Crippen molar-refractivity contribution in [3.8, 4) is 5.75 Å². The van der Waals surface area contributed by atoms with E-state index in [-0.39, 0.29) is 0 Å². The van der Waals surface area contributed by atoms with Crippen molar-refractivity contribution in [3.05, 3.63) is 29.3 Å². The Bertz CT molecular complexity index is 397. The van der Waals surface area contributed by atoms with Crippen LogP contribution in [0.2, 0.25) is 0 Å². The summed E-state index contributed by atoms with van der Waals surface area (Å²) in [5.74, 6) is 1.41. The molecule has 1 unspecified atom stereocenters. The first-order valence-electron chi connectivity index (χ1n) is 7.11. The number of rotatable bonds is 6. The maximum Gasteiger partial charge on any atom is 0.124 e. The van der Waals surface area contributed by atoms with Crippen LogP contribution in [-0.2, 0) is 4.74 Å². The van der Waals surface area contributed by atoms with Gasteiger partial charge in [0.2, 0.25) is 0 Å². The van der Waals surface area contributed by atoms with Crippen molar-refractivity contribution < 1.29 is 14.6 Å². The topological polar surface area (TPSA) is 38.7 Å². The second kappa shape index (κ2) is 6.92. The molecule has 2 rings (SSSR count). The van der Waals surface area contributed by atoms with Crippen LogP contribution in [0, 0.1) is 12.8 Å². The molecule has 0 spiro atoms. The number of methoxy groups -OCH3 is 1. The van der Waals surface area contributed by atoms with Gasteiger partial charge in [-0.25, -0.2) is 0 Å². The van der Waals surface area contributed by atoms with Gasteiger partial charge in [0.25, 0.3) is 0 Å². The van der Waals surface area contributed by atoms with E-state index in [9.17, 15) is 5.11 Å². The minimum atomic E-state index is -0.615. The number of hydrogen-bond donors (Lipinski definition) is 1. The van der Waals surface area contributed by atoms with Crippen molar-refractivity contribution in [2.75, 3.05) is 20.3 Å². The molecule has 0 amide bonds. The molecule has 1 aromatic carbocycles. The van der Waals surface area contributed by atoms with E-state index in [0.29, 0.717) is 12.5 Å². The Balaban J connectivity index is 1.87. The molecule has 1 N–H and O–H groups in total. The van der Waals surface area contributed by atoms with E-state index in [1.54, 1.807) is 7.11 Å². The standard InChI is InChI=1S/C16H24O3/c1-12-7-8-16(18-2)14(9-12)15(17)11-19-10-13-5-3-4-6-13/h7-9,13,15,17H,3-6,10-11H2,1-2H3. The fraction of sp³-hybridized carbons (Fsp3) is 0.625. The van der Waals surface area contributed by atoms with Gasteiger partial charge in [0.05, 0.1) is 13.7 Å². The molecule has 0 bridgehead atoms. The molecule has 1 aromatic rings. The summed E-state index contributed by atoms with van der Waals surface area (Å²) in [4.78, 5) is 0. The smallest absolute Gasteiger partial charge is 0.124 e. The number of benzene rings is 1. The van der Waals surface area contributed by atoms with Crippen LogP contribution in [0.4, 0.5) is 0 Å². The third-order valence-electron chi connectivity index (χ3n) is 3.85. The molecule has 0 heterocycles. The fourth-order valence-electron chi connectivity index (χ4n) is 2.73. The lowest BCUT2D eigenvalue weighted by Gasteiger charge is -2.17. The molecule has 1 aliphatic carbocycles. The van der Waals surface area contributed by atoms with Crippen molar-refractivity contribution >= 4 is 0 Å². The molecule has 0 aromatic heterocycles. The maximum absolute atomic E-state index is 10.2. The third-order valence-corrected chi connectivity index (χ3v) is 3.85. The van der Waals surface area contributed by atoms with E-state index >= 15 is 0 Å². The Morgan fingerprint density at radius 1 is 1.32 bits per heavy atom. The quantitative estimate of drug-likeness (QED) is 0.857. The molecular weight excluding hydrogens is 240 g/mol. The molecule has 0 aliphatic heterocycles. The maximum atomic E-state index is 10.2. The van der Waals surface area contributed by atoms with Crippen molar-refractivity contribution in [1.29, 1.82) is 0 Å². The van der Waals surface area contributed by atoms with Crippen molar-refractivity contribution in [2.45, 2.75) is 38.7 Å². The second-order valence-corrected chi connectivity index (χ2v) is 5.45. The van der Waals surface area contributed by atoms with Gasteiger partial charge in [-0.1, -0.05) is 24.5 Å². The summed E-state index contributed by atoms with van der Waals surface area (Å²) in [5.41, 5.74) is 1.93. The fourth-order valence-corrected chi connectivity index (χ4v) is 2.73. The van der Waals surface area contributed by atoms with E-state index in [1.165, 1.54) is 25.7 Å². The minimum Gasteiger partial charge on any atom is -0.496 e. The second-order valence-electron chi connectivity index (χ2n) is 5.45. The largest absolute Gasteiger partial charge is 0.496 e. The first-order chi connectivity index (χ1) is 9.20. The lowest BCUT2D eigenvalue weighted by molar-refractivity contribution is 0.0202. The normalized spacial score (nSPS) is 17.6. The first kappa shape index (κ1) is 14.4. The summed E-state index contributed by atoms with van der Waals surface area (Å²) >= 11 is 0. The van der Waals surface area contributed by atoms with E-state index in [1.807, 2.05) is 25.1 Å². The molecule has 1 saturated carbocycles. The highest BCUT2D eigenvalue weighted by atomic mass is 16.5. The third kappa shape index (κ3) is 3.95. The number of hydrogen-bond acceptors (Lipinski definition) is 3. The van der Waals surface area contributed by atoms with Gasteiger partial charge in [0.1, 0.15) is 11.9 Å². The molecule has 1 fully saturated rings. The van der Waals surface area contributed by atoms with Crippen LogP contribution in [0.25, 0.3) is 0 Å². The van der Waals surface area contributed by atoms with Crippen LogP contribution in [0.5, 0.6) is 5.75 Å². The van der Waals surface area contributed by atoms with Crippen molar-refractivity contribution in [1.82, 2.24) is 0 Å². The number of ether oxygens (including phenoxy) is 2. The highest BCUT2D eigenvalue weighted by Crippen LogP contribution is 2.28. The summed E-state index contributed by atoms with van der Waals surface area (Å²) in [6.45, 7) is 3.12. The van der Waals surface area contributed by atoms with Gasteiger partial charge < -0.3 is 14.6 Å². The molecule has 106 valence electrons. The highest BCUT2D eigenvalue weighted by molar-refractivity contribution is 5.38. The average Bonchev–Trinajstić information content (AvgIpc) is 2.91. The Hall–Kier alpha value is -1.06. The van der Waals surface area contributed by atoms with E-state index < -0.39 is 6.10 Å². The lowest BCUT2D eigenvalue weighted by atomic mass is 10.1. The number of aryl methyl sites for hydroxylation is 1. The van der Waals surface area contributed by atoms with Gasteiger partial charge in [-0.15, -0.1) is 0 Å². The molecule has 1 aliphatic rings. The van der Waals surface area contributed by atoms with Crippen molar-refractivity contribution in [3.63, 3.8) is 0 Å². The minimum absolute atomic E-state index is 0.344. The first-order valence-corrected chi connectivity index (χ1v) is 7.11. The van der Waals surface area contributed by atoms with Crippen molar-refractivity contribution in [2.24, 2.45) is 5.92 Å². The molecule has 3 heteroatoms. The van der Waals surface area contributed by atoms with Crippen LogP contribution in [0.15, 0.2) is 18.2 Å². The SMILES string of the molecule is COc1ccc(C)cc1C(O)COCC1CCCC1. The van der Waals surface area contributed by atoms with Gasteiger partial charge >= 0.3 is 0 Å². The predicted octanol–water partition coefficient (Wildman–Crippen LogP) is 3.24. The number of aliphatic hydroxyl groups is 1. The van der Waals surface area contributed by atoms with Gasteiger partial charge in [-0.3, -0.25) is 0 Å². The van der Waals surface area contributed by atoms with Gasteiger partial charge in [0, 0.05) is 12.2 Å². The summed E-state index contributed by atoms with van der Waals surface area (Å²) in [7, 11) is 1.63. The van der Waals surface area contributed by atoms with Crippen LogP contribution < -0.4 is 4.74 Å². The summed E-state index contributed by atoms with van der Waals surface area (Å²) in [5, 5.41) is 10.2. The highest BCUT2D eigenvalue weighted by Gasteiger charge is 2.17. The Labute approximate surface area is 115 Å². The monoisotopic (exact) mass is 264 g/mol. The summed E-state index contributed by atoms with van der Waals surface area (Å²) in [6.07, 6.45) is 4.56. The van der Waals surface area contributed by atoms with Crippen LogP contribution in [0.3, 0.4) is 0 Å². The van der Waals surface area contributed by atoms with Gasteiger partial charge in [-0.05, 0) is 37.8 Å².